The Balaban J connectivity index is 1.73. The Hall–Kier alpha value is -2.49. The number of ether oxygens (including phenoxy) is 1. The largest absolute Gasteiger partial charge is 0.457 e. The summed E-state index contributed by atoms with van der Waals surface area (Å²) < 4.78 is 5.92. The maximum Gasteiger partial charge on any atom is 0.236 e. The van der Waals surface area contributed by atoms with Crippen LogP contribution in [0, 0.1) is 0 Å². The second kappa shape index (κ2) is 6.43. The molecule has 0 atom stereocenters. The zero-order valence-electron chi connectivity index (χ0n) is 13.0. The maximum atomic E-state index is 13.0. The highest BCUT2D eigenvalue weighted by molar-refractivity contribution is 6.42. The smallest absolute Gasteiger partial charge is 0.236 e. The Morgan fingerprint density at radius 3 is 2.04 bits per heavy atom. The van der Waals surface area contributed by atoms with Gasteiger partial charge in [-0.05, 0) is 30.3 Å². The first kappa shape index (κ1) is 16.0. The predicted molar refractivity (Wildman–Crippen MR) is 99.9 cm³/mol. The van der Waals surface area contributed by atoms with E-state index in [-0.39, 0.29) is 5.91 Å². The fourth-order valence-electron chi connectivity index (χ4n) is 2.98. The lowest BCUT2D eigenvalue weighted by atomic mass is 9.87. The molecular formula is C20H13Cl2NO2. The number of anilines is 1. The minimum atomic E-state index is -0.462. The van der Waals surface area contributed by atoms with Gasteiger partial charge in [0, 0.05) is 16.8 Å². The fraction of sp³-hybridized carbons (Fsp3) is 0.0500. The molecule has 124 valence electrons. The highest BCUT2D eigenvalue weighted by atomic mass is 35.5. The third kappa shape index (κ3) is 2.97. The quantitative estimate of drug-likeness (QED) is 0.613. The second-order valence-electron chi connectivity index (χ2n) is 5.73. The Labute approximate surface area is 155 Å². The first-order chi connectivity index (χ1) is 12.1. The van der Waals surface area contributed by atoms with Crippen LogP contribution in [0.1, 0.15) is 17.0 Å². The van der Waals surface area contributed by atoms with E-state index < -0.39 is 5.92 Å². The van der Waals surface area contributed by atoms with Crippen LogP contribution in [0.15, 0.2) is 66.7 Å². The molecular weight excluding hydrogens is 357 g/mol. The first-order valence-corrected chi connectivity index (χ1v) is 8.51. The molecule has 1 aliphatic heterocycles. The number of carbonyl (C=O) groups is 1. The molecule has 0 unspecified atom stereocenters. The van der Waals surface area contributed by atoms with Crippen molar-refractivity contribution in [1.82, 2.24) is 0 Å². The molecule has 5 heteroatoms. The number of amides is 1. The van der Waals surface area contributed by atoms with Crippen molar-refractivity contribution in [1.29, 1.82) is 0 Å². The zero-order chi connectivity index (χ0) is 17.4. The average molecular weight is 370 g/mol. The minimum absolute atomic E-state index is 0.151. The Morgan fingerprint density at radius 1 is 0.840 bits per heavy atom. The lowest BCUT2D eigenvalue weighted by Gasteiger charge is -2.27. The number of carbonyl (C=O) groups excluding carboxylic acids is 1. The molecule has 3 nitrogen and oxygen atoms in total. The summed E-state index contributed by atoms with van der Waals surface area (Å²) in [4.78, 5) is 13.0. The third-order valence-electron chi connectivity index (χ3n) is 4.13. The highest BCUT2D eigenvalue weighted by Crippen LogP contribution is 2.44. The van der Waals surface area contributed by atoms with Gasteiger partial charge >= 0.3 is 0 Å². The molecule has 3 aromatic rings. The van der Waals surface area contributed by atoms with E-state index in [1.165, 1.54) is 0 Å². The van der Waals surface area contributed by atoms with Crippen LogP contribution in [0.3, 0.4) is 0 Å². The zero-order valence-corrected chi connectivity index (χ0v) is 14.5. The van der Waals surface area contributed by atoms with Crippen molar-refractivity contribution >= 4 is 34.8 Å². The van der Waals surface area contributed by atoms with Crippen LogP contribution in [0.25, 0.3) is 0 Å². The van der Waals surface area contributed by atoms with E-state index in [9.17, 15) is 4.79 Å². The molecule has 1 aliphatic rings. The highest BCUT2D eigenvalue weighted by Gasteiger charge is 2.32. The van der Waals surface area contributed by atoms with Gasteiger partial charge in [0.15, 0.2) is 0 Å². The molecule has 1 amide bonds. The summed E-state index contributed by atoms with van der Waals surface area (Å²) in [7, 11) is 0. The van der Waals surface area contributed by atoms with E-state index in [1.807, 2.05) is 48.5 Å². The van der Waals surface area contributed by atoms with E-state index in [1.54, 1.807) is 18.2 Å². The van der Waals surface area contributed by atoms with Gasteiger partial charge < -0.3 is 10.1 Å². The lowest BCUT2D eigenvalue weighted by molar-refractivity contribution is -0.116. The molecule has 0 saturated heterocycles. The normalized spacial score (nSPS) is 12.7. The molecule has 0 fully saturated rings. The van der Waals surface area contributed by atoms with Crippen molar-refractivity contribution in [3.05, 3.63) is 87.9 Å². The Morgan fingerprint density at radius 2 is 1.44 bits per heavy atom. The van der Waals surface area contributed by atoms with E-state index in [0.29, 0.717) is 27.2 Å². The summed E-state index contributed by atoms with van der Waals surface area (Å²) in [6.07, 6.45) is 0. The summed E-state index contributed by atoms with van der Waals surface area (Å²) in [6.45, 7) is 0. The van der Waals surface area contributed by atoms with Gasteiger partial charge in [0.25, 0.3) is 0 Å². The van der Waals surface area contributed by atoms with Gasteiger partial charge in [0.1, 0.15) is 11.5 Å². The topological polar surface area (TPSA) is 38.3 Å². The Kier molecular flexibility index (Phi) is 4.12. The summed E-state index contributed by atoms with van der Waals surface area (Å²) in [5, 5.41) is 3.77. The number of nitrogens with one attached hydrogen (secondary N) is 1. The summed E-state index contributed by atoms with van der Waals surface area (Å²) >= 11 is 12.0. The average Bonchev–Trinajstić information content (AvgIpc) is 2.62. The van der Waals surface area contributed by atoms with Gasteiger partial charge in [0.2, 0.25) is 5.91 Å². The first-order valence-electron chi connectivity index (χ1n) is 7.75. The van der Waals surface area contributed by atoms with Gasteiger partial charge in [-0.2, -0.15) is 0 Å². The number of hydrogen-bond donors (Lipinski definition) is 1. The molecule has 3 aromatic carbocycles. The summed E-state index contributed by atoms with van der Waals surface area (Å²) in [6, 6.07) is 20.1. The van der Waals surface area contributed by atoms with Gasteiger partial charge in [-0.25, -0.2) is 0 Å². The predicted octanol–water partition coefficient (Wildman–Crippen LogP) is 5.87. The van der Waals surface area contributed by atoms with Gasteiger partial charge in [-0.3, -0.25) is 4.79 Å². The number of rotatable bonds is 2. The van der Waals surface area contributed by atoms with Crippen LogP contribution in [0.2, 0.25) is 10.0 Å². The number of benzene rings is 3. The van der Waals surface area contributed by atoms with Crippen molar-refractivity contribution in [2.24, 2.45) is 0 Å². The van der Waals surface area contributed by atoms with Crippen LogP contribution in [-0.4, -0.2) is 5.91 Å². The van der Waals surface area contributed by atoms with Crippen LogP contribution < -0.4 is 10.1 Å². The molecule has 0 aromatic heterocycles. The van der Waals surface area contributed by atoms with Gasteiger partial charge in [-0.1, -0.05) is 59.6 Å². The molecule has 1 heterocycles. The third-order valence-corrected chi connectivity index (χ3v) is 4.87. The van der Waals surface area contributed by atoms with Gasteiger partial charge in [-0.15, -0.1) is 0 Å². The molecule has 1 N–H and O–H groups in total. The standard InChI is InChI=1S/C20H13Cl2NO2/c21-15-10-9-12(11-16(15)22)23-20(24)19-13-5-1-3-7-17(13)25-18-8-4-2-6-14(18)19/h1-11,19H,(H,23,24). The number of fused-ring (bicyclic) bond motifs is 2. The Bertz CT molecular complexity index is 926. The van der Waals surface area contributed by atoms with Crippen LogP contribution in [0.5, 0.6) is 11.5 Å². The number of hydrogen-bond acceptors (Lipinski definition) is 2. The summed E-state index contributed by atoms with van der Waals surface area (Å²) in [5.74, 6) is 0.767. The molecule has 4 rings (SSSR count). The number of halogens is 2. The second-order valence-corrected chi connectivity index (χ2v) is 6.54. The molecule has 0 spiro atoms. The van der Waals surface area contributed by atoms with E-state index in [0.717, 1.165) is 11.1 Å². The van der Waals surface area contributed by atoms with Crippen molar-refractivity contribution in [2.75, 3.05) is 5.32 Å². The van der Waals surface area contributed by atoms with Crippen LogP contribution in [0.4, 0.5) is 5.69 Å². The fourth-order valence-corrected chi connectivity index (χ4v) is 3.28. The van der Waals surface area contributed by atoms with E-state index in [2.05, 4.69) is 5.32 Å². The lowest BCUT2D eigenvalue weighted by Crippen LogP contribution is -2.25. The monoisotopic (exact) mass is 369 g/mol. The summed E-state index contributed by atoms with van der Waals surface area (Å²) in [5.41, 5.74) is 2.26. The van der Waals surface area contributed by atoms with Crippen LogP contribution in [-0.2, 0) is 4.79 Å². The van der Waals surface area contributed by atoms with Crippen molar-refractivity contribution in [3.63, 3.8) is 0 Å². The molecule has 0 saturated carbocycles. The molecule has 0 bridgehead atoms. The number of para-hydroxylation sites is 2. The minimum Gasteiger partial charge on any atom is -0.457 e. The van der Waals surface area contributed by atoms with Crippen molar-refractivity contribution in [3.8, 4) is 11.5 Å². The van der Waals surface area contributed by atoms with Gasteiger partial charge in [0.05, 0.1) is 16.0 Å². The van der Waals surface area contributed by atoms with E-state index in [4.69, 9.17) is 27.9 Å². The van der Waals surface area contributed by atoms with E-state index >= 15 is 0 Å². The van der Waals surface area contributed by atoms with Crippen molar-refractivity contribution in [2.45, 2.75) is 5.92 Å². The van der Waals surface area contributed by atoms with Crippen LogP contribution >= 0.6 is 23.2 Å². The molecule has 0 aliphatic carbocycles. The molecule has 25 heavy (non-hydrogen) atoms. The molecule has 0 radical (unpaired) electrons. The SMILES string of the molecule is O=C(Nc1ccc(Cl)c(Cl)c1)C1c2ccccc2Oc2ccccc21. The van der Waals surface area contributed by atoms with Crippen molar-refractivity contribution < 1.29 is 9.53 Å². The maximum absolute atomic E-state index is 13.0.